The van der Waals surface area contributed by atoms with Gasteiger partial charge in [-0.3, -0.25) is 0 Å². The summed E-state index contributed by atoms with van der Waals surface area (Å²) in [6, 6.07) is 13.5. The summed E-state index contributed by atoms with van der Waals surface area (Å²) >= 11 is 0. The third-order valence-corrected chi connectivity index (χ3v) is 4.19. The molecule has 27 heavy (non-hydrogen) atoms. The molecule has 7 nitrogen and oxygen atoms in total. The van der Waals surface area contributed by atoms with E-state index in [1.165, 1.54) is 14.2 Å². The van der Waals surface area contributed by atoms with Crippen LogP contribution in [0.5, 0.6) is 11.5 Å². The van der Waals surface area contributed by atoms with Crippen molar-refractivity contribution >= 4 is 11.9 Å². The number of hydrogen-bond acceptors (Lipinski definition) is 4. The van der Waals surface area contributed by atoms with Crippen LogP contribution in [0.4, 0.5) is 0 Å². The number of aromatic nitrogens is 1. The molecule has 0 unspecified atom stereocenters. The van der Waals surface area contributed by atoms with E-state index >= 15 is 0 Å². The molecule has 1 aromatic heterocycles. The number of carboxylic acid groups (broad SMARTS) is 2. The summed E-state index contributed by atoms with van der Waals surface area (Å²) in [5, 5.41) is 19.2. The van der Waals surface area contributed by atoms with Crippen LogP contribution in [0.2, 0.25) is 0 Å². The van der Waals surface area contributed by atoms with Gasteiger partial charge >= 0.3 is 11.9 Å². The second kappa shape index (κ2) is 7.25. The molecule has 0 fully saturated rings. The molecule has 0 amide bonds. The summed E-state index contributed by atoms with van der Waals surface area (Å²) in [5.74, 6) is -1.28. The lowest BCUT2D eigenvalue weighted by atomic mass is 9.94. The van der Waals surface area contributed by atoms with Crippen LogP contribution in [-0.2, 0) is 0 Å². The van der Waals surface area contributed by atoms with Crippen molar-refractivity contribution in [2.24, 2.45) is 0 Å². The van der Waals surface area contributed by atoms with Crippen molar-refractivity contribution in [1.29, 1.82) is 0 Å². The largest absolute Gasteiger partial charge is 0.497 e. The standard InChI is InChI=1S/C20H17NO6/c1-26-13-7-3-11(4-8-13)15-16(12-5-9-14(27-2)10-6-12)18(20(24)25)21-17(15)19(22)23/h3-10,21H,1-2H3,(H,22,23)(H,24,25). The number of aromatic amines is 1. The fourth-order valence-electron chi connectivity index (χ4n) is 2.91. The van der Waals surface area contributed by atoms with Crippen LogP contribution in [0, 0.1) is 0 Å². The molecular weight excluding hydrogens is 350 g/mol. The van der Waals surface area contributed by atoms with Gasteiger partial charge in [-0.2, -0.15) is 0 Å². The number of hydrogen-bond donors (Lipinski definition) is 3. The van der Waals surface area contributed by atoms with Gasteiger partial charge in [0, 0.05) is 11.1 Å². The highest BCUT2D eigenvalue weighted by atomic mass is 16.5. The molecule has 7 heteroatoms. The van der Waals surface area contributed by atoms with Gasteiger partial charge < -0.3 is 24.7 Å². The molecule has 0 radical (unpaired) electrons. The molecule has 3 N–H and O–H groups in total. The molecule has 138 valence electrons. The zero-order chi connectivity index (χ0) is 19.6. The molecule has 3 aromatic rings. The van der Waals surface area contributed by atoms with E-state index < -0.39 is 11.9 Å². The van der Waals surface area contributed by atoms with E-state index in [1.807, 2.05) is 0 Å². The Kier molecular flexibility index (Phi) is 4.85. The van der Waals surface area contributed by atoms with Gasteiger partial charge in [-0.25, -0.2) is 9.59 Å². The first-order chi connectivity index (χ1) is 13.0. The van der Waals surface area contributed by atoms with Gasteiger partial charge in [0.15, 0.2) is 0 Å². The zero-order valence-electron chi connectivity index (χ0n) is 14.6. The van der Waals surface area contributed by atoms with E-state index in [1.54, 1.807) is 48.5 Å². The summed E-state index contributed by atoms with van der Waals surface area (Å²) in [6.45, 7) is 0. The highest BCUT2D eigenvalue weighted by Crippen LogP contribution is 2.39. The van der Waals surface area contributed by atoms with Crippen molar-refractivity contribution in [2.75, 3.05) is 14.2 Å². The topological polar surface area (TPSA) is 109 Å². The van der Waals surface area contributed by atoms with Gasteiger partial charge in [-0.15, -0.1) is 0 Å². The molecule has 0 aliphatic rings. The summed E-state index contributed by atoms with van der Waals surface area (Å²) < 4.78 is 10.3. The number of aromatic carboxylic acids is 2. The van der Waals surface area contributed by atoms with Crippen molar-refractivity contribution in [2.45, 2.75) is 0 Å². The smallest absolute Gasteiger partial charge is 0.352 e. The molecule has 0 aliphatic heterocycles. The van der Waals surface area contributed by atoms with Crippen molar-refractivity contribution in [3.63, 3.8) is 0 Å². The lowest BCUT2D eigenvalue weighted by Crippen LogP contribution is -2.01. The fourth-order valence-corrected chi connectivity index (χ4v) is 2.91. The fraction of sp³-hybridized carbons (Fsp3) is 0.100. The first-order valence-electron chi connectivity index (χ1n) is 7.97. The zero-order valence-corrected chi connectivity index (χ0v) is 14.6. The van der Waals surface area contributed by atoms with E-state index in [4.69, 9.17) is 9.47 Å². The number of rotatable bonds is 6. The van der Waals surface area contributed by atoms with Crippen LogP contribution in [0.1, 0.15) is 21.0 Å². The Hall–Kier alpha value is -3.74. The minimum Gasteiger partial charge on any atom is -0.497 e. The second-order valence-electron chi connectivity index (χ2n) is 5.69. The first-order valence-corrected chi connectivity index (χ1v) is 7.97. The Morgan fingerprint density at radius 2 is 1.04 bits per heavy atom. The van der Waals surface area contributed by atoms with Crippen LogP contribution < -0.4 is 9.47 Å². The maximum atomic E-state index is 11.8. The minimum absolute atomic E-state index is 0.191. The number of H-pyrrole nitrogens is 1. The number of benzene rings is 2. The third-order valence-electron chi connectivity index (χ3n) is 4.19. The summed E-state index contributed by atoms with van der Waals surface area (Å²) in [7, 11) is 3.05. The van der Waals surface area contributed by atoms with Gasteiger partial charge in [0.25, 0.3) is 0 Å². The molecular formula is C20H17NO6. The number of carboxylic acids is 2. The van der Waals surface area contributed by atoms with Crippen LogP contribution in [0.25, 0.3) is 22.3 Å². The average Bonchev–Trinajstić information content (AvgIpc) is 3.09. The average molecular weight is 367 g/mol. The Labute approximate surface area is 154 Å². The minimum atomic E-state index is -1.25. The van der Waals surface area contributed by atoms with E-state index in [0.29, 0.717) is 33.8 Å². The second-order valence-corrected chi connectivity index (χ2v) is 5.69. The van der Waals surface area contributed by atoms with E-state index in [2.05, 4.69) is 4.98 Å². The number of methoxy groups -OCH3 is 2. The quantitative estimate of drug-likeness (QED) is 0.612. The summed E-state index contributed by atoms with van der Waals surface area (Å²) in [6.07, 6.45) is 0. The van der Waals surface area contributed by atoms with E-state index in [-0.39, 0.29) is 11.4 Å². The molecule has 0 aliphatic carbocycles. The van der Waals surface area contributed by atoms with Crippen molar-refractivity contribution in [3.8, 4) is 33.8 Å². The molecule has 2 aromatic carbocycles. The van der Waals surface area contributed by atoms with Crippen molar-refractivity contribution < 1.29 is 29.3 Å². The molecule has 0 saturated heterocycles. The SMILES string of the molecule is COc1ccc(-c2c(C(=O)O)[nH]c(C(=O)O)c2-c2ccc(OC)cc2)cc1. The maximum absolute atomic E-state index is 11.8. The molecule has 0 spiro atoms. The highest BCUT2D eigenvalue weighted by molar-refractivity contribution is 6.07. The van der Waals surface area contributed by atoms with Gasteiger partial charge in [-0.1, -0.05) is 24.3 Å². The molecule has 3 rings (SSSR count). The van der Waals surface area contributed by atoms with E-state index in [0.717, 1.165) is 0 Å². The van der Waals surface area contributed by atoms with E-state index in [9.17, 15) is 19.8 Å². The van der Waals surface area contributed by atoms with Crippen LogP contribution >= 0.6 is 0 Å². The molecule has 0 atom stereocenters. The van der Waals surface area contributed by atoms with Gasteiger partial charge in [0.05, 0.1) is 14.2 Å². The number of nitrogens with one attached hydrogen (secondary N) is 1. The highest BCUT2D eigenvalue weighted by Gasteiger charge is 2.27. The lowest BCUT2D eigenvalue weighted by molar-refractivity contribution is 0.0690. The van der Waals surface area contributed by atoms with Gasteiger partial charge in [0.1, 0.15) is 22.9 Å². The number of carbonyl (C=O) groups is 2. The molecule has 0 bridgehead atoms. The Morgan fingerprint density at radius 1 is 0.704 bits per heavy atom. The summed E-state index contributed by atoms with van der Waals surface area (Å²) in [5.41, 5.74) is 1.33. The normalized spacial score (nSPS) is 10.4. The van der Waals surface area contributed by atoms with Crippen LogP contribution in [-0.4, -0.2) is 41.4 Å². The van der Waals surface area contributed by atoms with Crippen molar-refractivity contribution in [1.82, 2.24) is 4.98 Å². The Bertz CT molecular complexity index is 907. The van der Waals surface area contributed by atoms with Gasteiger partial charge in [-0.05, 0) is 35.4 Å². The monoisotopic (exact) mass is 367 g/mol. The summed E-state index contributed by atoms with van der Waals surface area (Å²) in [4.78, 5) is 26.1. The first kappa shape index (κ1) is 18.1. The van der Waals surface area contributed by atoms with Crippen LogP contribution in [0.15, 0.2) is 48.5 Å². The maximum Gasteiger partial charge on any atom is 0.352 e. The predicted molar refractivity (Wildman–Crippen MR) is 98.7 cm³/mol. The lowest BCUT2D eigenvalue weighted by Gasteiger charge is -2.09. The molecule has 1 heterocycles. The third kappa shape index (κ3) is 3.35. The Balaban J connectivity index is 2.30. The molecule has 0 saturated carbocycles. The predicted octanol–water partition coefficient (Wildman–Crippen LogP) is 3.76. The number of ether oxygens (including phenoxy) is 2. The van der Waals surface area contributed by atoms with Crippen LogP contribution in [0.3, 0.4) is 0 Å². The Morgan fingerprint density at radius 3 is 1.30 bits per heavy atom. The van der Waals surface area contributed by atoms with Crippen molar-refractivity contribution in [3.05, 3.63) is 59.9 Å². The van der Waals surface area contributed by atoms with Gasteiger partial charge in [0.2, 0.25) is 0 Å².